The summed E-state index contributed by atoms with van der Waals surface area (Å²) >= 11 is 6.53. The number of hydrogen-bond donors (Lipinski definition) is 0. The summed E-state index contributed by atoms with van der Waals surface area (Å²) in [6, 6.07) is 7.99. The third-order valence-corrected chi connectivity index (χ3v) is 3.35. The Bertz CT molecular complexity index is 602. The molecule has 1 aromatic carbocycles. The van der Waals surface area contributed by atoms with Crippen LogP contribution in [-0.2, 0) is 5.33 Å². The van der Waals surface area contributed by atoms with Crippen molar-refractivity contribution < 1.29 is 9.66 Å². The molecule has 2 rings (SSSR count). The molecule has 19 heavy (non-hydrogen) atoms. The van der Waals surface area contributed by atoms with Crippen LogP contribution in [0.4, 0.5) is 5.69 Å². The molecule has 2 aromatic rings. The minimum atomic E-state index is -0.473. The number of nitrogens with zero attached hydrogens (tertiary/aromatic N) is 2. The van der Waals surface area contributed by atoms with Gasteiger partial charge in [0.2, 0.25) is 5.88 Å². The normalized spacial score (nSPS) is 10.2. The van der Waals surface area contributed by atoms with E-state index in [2.05, 4.69) is 36.8 Å². The van der Waals surface area contributed by atoms with Crippen LogP contribution in [-0.4, -0.2) is 9.91 Å². The molecule has 0 aliphatic carbocycles. The summed E-state index contributed by atoms with van der Waals surface area (Å²) in [5, 5.41) is 11.5. The molecule has 1 aromatic heterocycles. The van der Waals surface area contributed by atoms with E-state index in [1.54, 1.807) is 18.3 Å². The quantitative estimate of drug-likeness (QED) is 0.442. The average molecular weight is 388 g/mol. The van der Waals surface area contributed by atoms with E-state index in [4.69, 9.17) is 4.74 Å². The number of benzene rings is 1. The van der Waals surface area contributed by atoms with Crippen molar-refractivity contribution in [2.45, 2.75) is 5.33 Å². The maximum Gasteiger partial charge on any atom is 0.274 e. The Kier molecular flexibility index (Phi) is 4.49. The second kappa shape index (κ2) is 6.12. The third kappa shape index (κ3) is 3.74. The SMILES string of the molecule is O=[N+]([O-])c1cc(Br)cc(Oc2ccc(CBr)cn2)c1. The summed E-state index contributed by atoms with van der Waals surface area (Å²) in [5.74, 6) is 0.747. The summed E-state index contributed by atoms with van der Waals surface area (Å²) in [6.45, 7) is 0. The van der Waals surface area contributed by atoms with Crippen molar-refractivity contribution in [3.05, 3.63) is 56.7 Å². The van der Waals surface area contributed by atoms with E-state index in [0.717, 1.165) is 5.56 Å². The zero-order valence-corrected chi connectivity index (χ0v) is 12.7. The van der Waals surface area contributed by atoms with Crippen molar-refractivity contribution >= 4 is 37.5 Å². The van der Waals surface area contributed by atoms with Gasteiger partial charge < -0.3 is 4.74 Å². The van der Waals surface area contributed by atoms with Gasteiger partial charge in [-0.2, -0.15) is 0 Å². The average Bonchev–Trinajstić information content (AvgIpc) is 2.39. The Morgan fingerprint density at radius 1 is 1.32 bits per heavy atom. The highest BCUT2D eigenvalue weighted by Gasteiger charge is 2.10. The van der Waals surface area contributed by atoms with Crippen molar-refractivity contribution in [2.24, 2.45) is 0 Å². The molecule has 0 saturated heterocycles. The molecule has 1 heterocycles. The number of nitro groups is 1. The highest BCUT2D eigenvalue weighted by atomic mass is 79.9. The lowest BCUT2D eigenvalue weighted by Gasteiger charge is -2.05. The summed E-state index contributed by atoms with van der Waals surface area (Å²) in [5.41, 5.74) is 0.981. The van der Waals surface area contributed by atoms with Crippen molar-refractivity contribution in [2.75, 3.05) is 0 Å². The predicted octanol–water partition coefficient (Wildman–Crippen LogP) is 4.44. The van der Waals surface area contributed by atoms with E-state index in [-0.39, 0.29) is 5.69 Å². The lowest BCUT2D eigenvalue weighted by atomic mass is 10.3. The standard InChI is InChI=1S/C12H8Br2N2O3/c13-6-8-1-2-12(15-7-8)19-11-4-9(14)3-10(5-11)16(17)18/h1-5,7H,6H2. The molecule has 0 unspecified atom stereocenters. The predicted molar refractivity (Wildman–Crippen MR) is 77.7 cm³/mol. The van der Waals surface area contributed by atoms with Gasteiger partial charge in [0.25, 0.3) is 5.69 Å². The molecule has 0 fully saturated rings. The van der Waals surface area contributed by atoms with Crippen LogP contribution in [0.25, 0.3) is 0 Å². The van der Waals surface area contributed by atoms with Gasteiger partial charge in [0.05, 0.1) is 11.0 Å². The number of aromatic nitrogens is 1. The summed E-state index contributed by atoms with van der Waals surface area (Å²) in [6.07, 6.45) is 1.68. The summed E-state index contributed by atoms with van der Waals surface area (Å²) < 4.78 is 6.07. The van der Waals surface area contributed by atoms with Crippen molar-refractivity contribution in [3.63, 3.8) is 0 Å². The van der Waals surface area contributed by atoms with Crippen LogP contribution in [0.1, 0.15) is 5.56 Å². The fourth-order valence-electron chi connectivity index (χ4n) is 1.38. The van der Waals surface area contributed by atoms with Crippen LogP contribution >= 0.6 is 31.9 Å². The van der Waals surface area contributed by atoms with Gasteiger partial charge in [-0.3, -0.25) is 10.1 Å². The van der Waals surface area contributed by atoms with Gasteiger partial charge in [-0.25, -0.2) is 4.98 Å². The molecule has 0 radical (unpaired) electrons. The molecule has 7 heteroatoms. The molecular weight excluding hydrogens is 380 g/mol. The molecular formula is C12H8Br2N2O3. The molecule has 0 N–H and O–H groups in total. The molecule has 0 aliphatic heterocycles. The fourth-order valence-corrected chi connectivity index (χ4v) is 2.18. The van der Waals surface area contributed by atoms with Crippen molar-refractivity contribution in [1.82, 2.24) is 4.98 Å². The Labute approximate surface area is 126 Å². The van der Waals surface area contributed by atoms with Gasteiger partial charge in [0, 0.05) is 28.1 Å². The first-order valence-corrected chi connectivity index (χ1v) is 7.13. The lowest BCUT2D eigenvalue weighted by Crippen LogP contribution is -1.92. The molecule has 0 amide bonds. The number of hydrogen-bond acceptors (Lipinski definition) is 4. The molecule has 98 valence electrons. The monoisotopic (exact) mass is 386 g/mol. The smallest absolute Gasteiger partial charge is 0.274 e. The van der Waals surface area contributed by atoms with E-state index < -0.39 is 4.92 Å². The van der Waals surface area contributed by atoms with E-state index in [1.165, 1.54) is 12.1 Å². The van der Waals surface area contributed by atoms with Crippen molar-refractivity contribution in [1.29, 1.82) is 0 Å². The largest absolute Gasteiger partial charge is 0.439 e. The first-order chi connectivity index (χ1) is 9.08. The van der Waals surface area contributed by atoms with Gasteiger partial charge in [0.15, 0.2) is 0 Å². The molecule has 0 atom stereocenters. The zero-order chi connectivity index (χ0) is 13.8. The van der Waals surface area contributed by atoms with E-state index in [0.29, 0.717) is 21.4 Å². The van der Waals surface area contributed by atoms with Gasteiger partial charge in [-0.15, -0.1) is 0 Å². The maximum absolute atomic E-state index is 10.7. The number of non-ortho nitro benzene ring substituents is 1. The van der Waals surface area contributed by atoms with E-state index in [1.807, 2.05) is 6.07 Å². The Morgan fingerprint density at radius 3 is 2.68 bits per heavy atom. The second-order valence-electron chi connectivity index (χ2n) is 3.64. The number of pyridine rings is 1. The van der Waals surface area contributed by atoms with Crippen molar-refractivity contribution in [3.8, 4) is 11.6 Å². The molecule has 5 nitrogen and oxygen atoms in total. The topological polar surface area (TPSA) is 65.3 Å². The Hall–Kier alpha value is -1.47. The lowest BCUT2D eigenvalue weighted by molar-refractivity contribution is -0.385. The minimum Gasteiger partial charge on any atom is -0.439 e. The third-order valence-electron chi connectivity index (χ3n) is 2.24. The molecule has 0 aliphatic rings. The van der Waals surface area contributed by atoms with Crippen LogP contribution in [0, 0.1) is 10.1 Å². The Morgan fingerprint density at radius 2 is 2.11 bits per heavy atom. The maximum atomic E-state index is 10.7. The van der Waals surface area contributed by atoms with Crippen LogP contribution in [0.2, 0.25) is 0 Å². The van der Waals surface area contributed by atoms with Crippen LogP contribution in [0.5, 0.6) is 11.6 Å². The zero-order valence-electron chi connectivity index (χ0n) is 9.55. The van der Waals surface area contributed by atoms with Gasteiger partial charge in [-0.1, -0.05) is 37.9 Å². The summed E-state index contributed by atoms with van der Waals surface area (Å²) in [4.78, 5) is 14.4. The Balaban J connectivity index is 2.24. The number of rotatable bonds is 4. The number of nitro benzene ring substituents is 1. The first-order valence-electron chi connectivity index (χ1n) is 5.22. The number of ether oxygens (including phenoxy) is 1. The number of halogens is 2. The van der Waals surface area contributed by atoms with Crippen LogP contribution in [0.3, 0.4) is 0 Å². The minimum absolute atomic E-state index is 0.0403. The molecule has 0 bridgehead atoms. The van der Waals surface area contributed by atoms with E-state index >= 15 is 0 Å². The summed E-state index contributed by atoms with van der Waals surface area (Å²) in [7, 11) is 0. The molecule has 0 saturated carbocycles. The van der Waals surface area contributed by atoms with Gasteiger partial charge >= 0.3 is 0 Å². The highest BCUT2D eigenvalue weighted by molar-refractivity contribution is 9.10. The fraction of sp³-hybridized carbons (Fsp3) is 0.0833. The van der Waals surface area contributed by atoms with E-state index in [9.17, 15) is 10.1 Å². The van der Waals surface area contributed by atoms with Crippen LogP contribution in [0.15, 0.2) is 41.0 Å². The van der Waals surface area contributed by atoms with Crippen LogP contribution < -0.4 is 4.74 Å². The second-order valence-corrected chi connectivity index (χ2v) is 5.12. The van der Waals surface area contributed by atoms with Gasteiger partial charge in [0.1, 0.15) is 5.75 Å². The highest BCUT2D eigenvalue weighted by Crippen LogP contribution is 2.29. The number of alkyl halides is 1. The van der Waals surface area contributed by atoms with Gasteiger partial charge in [-0.05, 0) is 11.6 Å². The molecule has 0 spiro atoms. The first kappa shape index (κ1) is 14.0.